The van der Waals surface area contributed by atoms with Gasteiger partial charge >= 0.3 is 12.0 Å². The van der Waals surface area contributed by atoms with Gasteiger partial charge in [-0.3, -0.25) is 0 Å². The average Bonchev–Trinajstić information content (AvgIpc) is 2.96. The quantitative estimate of drug-likeness (QED) is 0.565. The standard InChI is InChI=1S/C19H18FN3O3/c1-11-3-2-4-14(7-11)22-19(26)23-17(18(24)25)8-12-10-21-16-9-13(20)5-6-15(12)16/h2-7,9-10,17,21H,8H2,1H3,(H,24,25)(H2,22,23,26). The van der Waals surface area contributed by atoms with Gasteiger partial charge in [0.15, 0.2) is 0 Å². The summed E-state index contributed by atoms with van der Waals surface area (Å²) in [4.78, 5) is 26.6. The second kappa shape index (κ2) is 7.26. The van der Waals surface area contributed by atoms with E-state index >= 15 is 0 Å². The van der Waals surface area contributed by atoms with Gasteiger partial charge in [-0.1, -0.05) is 12.1 Å². The van der Waals surface area contributed by atoms with Gasteiger partial charge in [0.2, 0.25) is 0 Å². The van der Waals surface area contributed by atoms with E-state index in [0.717, 1.165) is 10.9 Å². The van der Waals surface area contributed by atoms with Crippen molar-refractivity contribution in [2.45, 2.75) is 19.4 Å². The van der Waals surface area contributed by atoms with E-state index in [2.05, 4.69) is 15.6 Å². The van der Waals surface area contributed by atoms with Crippen molar-refractivity contribution < 1.29 is 19.1 Å². The molecule has 1 aromatic heterocycles. The SMILES string of the molecule is Cc1cccc(NC(=O)NC(Cc2c[nH]c3cc(F)ccc23)C(=O)O)c1. The van der Waals surface area contributed by atoms with Crippen LogP contribution in [-0.4, -0.2) is 28.1 Å². The summed E-state index contributed by atoms with van der Waals surface area (Å²) in [5, 5.41) is 15.2. The Hall–Kier alpha value is -3.35. The Kier molecular flexibility index (Phi) is 4.88. The molecule has 1 unspecified atom stereocenters. The maximum absolute atomic E-state index is 13.3. The molecule has 0 spiro atoms. The molecule has 0 aliphatic carbocycles. The van der Waals surface area contributed by atoms with E-state index in [4.69, 9.17) is 0 Å². The molecule has 0 radical (unpaired) electrons. The normalized spacial score (nSPS) is 11.9. The molecule has 1 heterocycles. The number of hydrogen-bond donors (Lipinski definition) is 4. The number of aryl methyl sites for hydroxylation is 1. The third-order valence-corrected chi connectivity index (χ3v) is 4.03. The summed E-state index contributed by atoms with van der Waals surface area (Å²) in [6, 6.07) is 9.70. The zero-order valence-electron chi connectivity index (χ0n) is 14.0. The second-order valence-electron chi connectivity index (χ2n) is 6.07. The molecule has 0 aliphatic rings. The fourth-order valence-corrected chi connectivity index (χ4v) is 2.80. The summed E-state index contributed by atoms with van der Waals surface area (Å²) < 4.78 is 13.3. The lowest BCUT2D eigenvalue weighted by Gasteiger charge is -2.15. The number of carbonyl (C=O) groups excluding carboxylic acids is 1. The van der Waals surface area contributed by atoms with Crippen LogP contribution in [0.15, 0.2) is 48.7 Å². The van der Waals surface area contributed by atoms with Gasteiger partial charge in [0.25, 0.3) is 0 Å². The first kappa shape index (κ1) is 17.5. The Balaban J connectivity index is 1.72. The first-order valence-electron chi connectivity index (χ1n) is 8.05. The van der Waals surface area contributed by atoms with Crippen LogP contribution in [0.1, 0.15) is 11.1 Å². The number of carboxylic acid groups (broad SMARTS) is 1. The first-order valence-corrected chi connectivity index (χ1v) is 8.05. The highest BCUT2D eigenvalue weighted by molar-refractivity contribution is 5.92. The highest BCUT2D eigenvalue weighted by atomic mass is 19.1. The van der Waals surface area contributed by atoms with Crippen molar-refractivity contribution in [3.8, 4) is 0 Å². The third-order valence-electron chi connectivity index (χ3n) is 4.03. The number of nitrogens with one attached hydrogen (secondary N) is 3. The van der Waals surface area contributed by atoms with Crippen LogP contribution in [0.3, 0.4) is 0 Å². The number of aliphatic carboxylic acids is 1. The van der Waals surface area contributed by atoms with Gasteiger partial charge in [0, 0.05) is 29.2 Å². The molecule has 0 saturated heterocycles. The van der Waals surface area contributed by atoms with E-state index in [0.29, 0.717) is 16.8 Å². The Morgan fingerprint density at radius 1 is 1.23 bits per heavy atom. The Bertz CT molecular complexity index is 968. The van der Waals surface area contributed by atoms with Gasteiger partial charge in [0.05, 0.1) is 0 Å². The van der Waals surface area contributed by atoms with Crippen LogP contribution in [0.4, 0.5) is 14.9 Å². The zero-order valence-corrected chi connectivity index (χ0v) is 14.0. The van der Waals surface area contributed by atoms with Gasteiger partial charge in [-0.05, 0) is 48.4 Å². The van der Waals surface area contributed by atoms with Gasteiger partial charge in [-0.2, -0.15) is 0 Å². The van der Waals surface area contributed by atoms with Gasteiger partial charge in [-0.25, -0.2) is 14.0 Å². The van der Waals surface area contributed by atoms with E-state index in [1.165, 1.54) is 12.1 Å². The number of amides is 2. The predicted molar refractivity (Wildman–Crippen MR) is 96.7 cm³/mol. The van der Waals surface area contributed by atoms with Crippen LogP contribution < -0.4 is 10.6 Å². The van der Waals surface area contributed by atoms with Crippen molar-refractivity contribution in [2.75, 3.05) is 5.32 Å². The number of anilines is 1. The van der Waals surface area contributed by atoms with Crippen molar-refractivity contribution in [3.05, 3.63) is 65.6 Å². The number of aromatic amines is 1. The van der Waals surface area contributed by atoms with Crippen molar-refractivity contribution in [1.82, 2.24) is 10.3 Å². The lowest BCUT2D eigenvalue weighted by atomic mass is 10.1. The molecule has 26 heavy (non-hydrogen) atoms. The van der Waals surface area contributed by atoms with E-state index in [-0.39, 0.29) is 12.2 Å². The van der Waals surface area contributed by atoms with Crippen LogP contribution in [0.5, 0.6) is 0 Å². The summed E-state index contributed by atoms with van der Waals surface area (Å²) in [5.41, 5.74) is 2.81. The lowest BCUT2D eigenvalue weighted by molar-refractivity contribution is -0.139. The number of hydrogen-bond acceptors (Lipinski definition) is 2. The van der Waals surface area contributed by atoms with Crippen LogP contribution in [-0.2, 0) is 11.2 Å². The predicted octanol–water partition coefficient (Wildman–Crippen LogP) is 3.43. The monoisotopic (exact) mass is 355 g/mol. The molecule has 0 fully saturated rings. The van der Waals surface area contributed by atoms with Crippen LogP contribution in [0.25, 0.3) is 10.9 Å². The molecule has 2 aromatic carbocycles. The number of halogens is 1. The second-order valence-corrected chi connectivity index (χ2v) is 6.07. The topological polar surface area (TPSA) is 94.2 Å². The molecule has 7 heteroatoms. The number of fused-ring (bicyclic) bond motifs is 1. The largest absolute Gasteiger partial charge is 0.480 e. The number of aromatic nitrogens is 1. The van der Waals surface area contributed by atoms with Crippen molar-refractivity contribution in [1.29, 1.82) is 0 Å². The summed E-state index contributed by atoms with van der Waals surface area (Å²) in [5.74, 6) is -1.53. The van der Waals surface area contributed by atoms with E-state index < -0.39 is 18.0 Å². The summed E-state index contributed by atoms with van der Waals surface area (Å²) in [7, 11) is 0. The molecule has 1 atom stereocenters. The van der Waals surface area contributed by atoms with E-state index in [1.54, 1.807) is 30.5 Å². The molecule has 3 rings (SSSR count). The fraction of sp³-hybridized carbons (Fsp3) is 0.158. The number of benzene rings is 2. The maximum atomic E-state index is 13.3. The summed E-state index contributed by atoms with van der Waals surface area (Å²) >= 11 is 0. The lowest BCUT2D eigenvalue weighted by Crippen LogP contribution is -2.44. The van der Waals surface area contributed by atoms with E-state index in [1.807, 2.05) is 13.0 Å². The van der Waals surface area contributed by atoms with E-state index in [9.17, 15) is 19.1 Å². The Morgan fingerprint density at radius 2 is 2.04 bits per heavy atom. The van der Waals surface area contributed by atoms with Gasteiger partial charge in [-0.15, -0.1) is 0 Å². The van der Waals surface area contributed by atoms with Crippen molar-refractivity contribution >= 4 is 28.6 Å². The Labute approximate surface area is 149 Å². The highest BCUT2D eigenvalue weighted by Crippen LogP contribution is 2.20. The maximum Gasteiger partial charge on any atom is 0.326 e. The number of urea groups is 1. The minimum absolute atomic E-state index is 0.0716. The summed E-state index contributed by atoms with van der Waals surface area (Å²) in [6.45, 7) is 1.89. The van der Waals surface area contributed by atoms with Crippen LogP contribution in [0.2, 0.25) is 0 Å². The molecule has 3 aromatic rings. The van der Waals surface area contributed by atoms with Crippen LogP contribution >= 0.6 is 0 Å². The van der Waals surface area contributed by atoms with Crippen LogP contribution in [0, 0.1) is 12.7 Å². The van der Waals surface area contributed by atoms with Crippen molar-refractivity contribution in [3.63, 3.8) is 0 Å². The summed E-state index contributed by atoms with van der Waals surface area (Å²) in [6.07, 6.45) is 1.70. The number of rotatable bonds is 5. The van der Waals surface area contributed by atoms with Gasteiger partial charge in [0.1, 0.15) is 11.9 Å². The molecule has 0 saturated carbocycles. The number of carboxylic acids is 1. The molecular formula is C19H18FN3O3. The minimum Gasteiger partial charge on any atom is -0.480 e. The third kappa shape index (κ3) is 4.00. The minimum atomic E-state index is -1.15. The molecule has 0 bridgehead atoms. The number of carbonyl (C=O) groups is 2. The first-order chi connectivity index (χ1) is 12.4. The molecule has 4 N–H and O–H groups in total. The molecular weight excluding hydrogens is 337 g/mol. The van der Waals surface area contributed by atoms with Crippen molar-refractivity contribution in [2.24, 2.45) is 0 Å². The molecule has 0 aliphatic heterocycles. The molecule has 6 nitrogen and oxygen atoms in total. The zero-order chi connectivity index (χ0) is 18.7. The number of H-pyrrole nitrogens is 1. The molecule has 134 valence electrons. The molecule has 2 amide bonds. The van der Waals surface area contributed by atoms with Gasteiger partial charge < -0.3 is 20.7 Å². The Morgan fingerprint density at radius 3 is 2.77 bits per heavy atom. The highest BCUT2D eigenvalue weighted by Gasteiger charge is 2.22. The fourth-order valence-electron chi connectivity index (χ4n) is 2.80. The smallest absolute Gasteiger partial charge is 0.326 e. The average molecular weight is 355 g/mol.